The highest BCUT2D eigenvalue weighted by molar-refractivity contribution is 5.71. The third kappa shape index (κ3) is 12.1. The summed E-state index contributed by atoms with van der Waals surface area (Å²) in [7, 11) is 0. The molecule has 0 bridgehead atoms. The van der Waals surface area contributed by atoms with E-state index in [0.29, 0.717) is 25.7 Å². The molecule has 4 rings (SSSR count). The number of hydrogen-bond donors (Lipinski definition) is 2. The number of hydrogen-bond acceptors (Lipinski definition) is 9. The van der Waals surface area contributed by atoms with Gasteiger partial charge in [0.1, 0.15) is 11.7 Å². The third-order valence-electron chi connectivity index (χ3n) is 11.3. The lowest BCUT2D eigenvalue weighted by atomic mass is 9.89. The summed E-state index contributed by atoms with van der Waals surface area (Å²) in [4.78, 5) is 45.0. The molecule has 3 fully saturated rings. The number of rotatable bonds is 7. The molecule has 0 aromatic heterocycles. The molecule has 1 saturated carbocycles. The van der Waals surface area contributed by atoms with Crippen molar-refractivity contribution in [3.63, 3.8) is 0 Å². The van der Waals surface area contributed by atoms with Gasteiger partial charge in [-0.1, -0.05) is 63.8 Å². The zero-order valence-electron chi connectivity index (χ0n) is 32.1. The van der Waals surface area contributed by atoms with Crippen LogP contribution in [-0.4, -0.2) is 118 Å². The van der Waals surface area contributed by atoms with E-state index in [-0.39, 0.29) is 49.3 Å². The first-order chi connectivity index (χ1) is 24.2. The van der Waals surface area contributed by atoms with E-state index in [2.05, 4.69) is 18.7 Å². The van der Waals surface area contributed by atoms with Crippen LogP contribution in [0.25, 0.3) is 0 Å². The molecule has 2 N–H and O–H groups in total. The van der Waals surface area contributed by atoms with Crippen molar-refractivity contribution >= 4 is 18.2 Å². The van der Waals surface area contributed by atoms with Crippen molar-refractivity contribution in [1.82, 2.24) is 14.7 Å². The average molecular weight is 716 g/mol. The summed E-state index contributed by atoms with van der Waals surface area (Å²) in [6, 6.07) is 0.587. The zero-order chi connectivity index (χ0) is 37.2. The van der Waals surface area contributed by atoms with Crippen LogP contribution in [0.2, 0.25) is 0 Å². The number of amides is 2. The standard InChI is InChI=1S/C40H65N3O8/c1-29(28-49-38(47)43-22-12-20-39(43,4)5)13-11-14-30(2)36-31(3)17-18-34(40(6,48)21-19-33(44)27-35(45)51-36)50-37(46)42-25-23-41(24-26-42)32-15-9-7-8-10-16-32/h11,13-14,17-18,29,31-34,36,44,48H,7-10,12,15-16,19-28H2,1-6H3/b13-11+,18-17+,30-14+/t29-,31+,33+,34?,36-,40+/m1/s1. The van der Waals surface area contributed by atoms with Crippen molar-refractivity contribution in [2.45, 2.75) is 148 Å². The lowest BCUT2D eigenvalue weighted by Crippen LogP contribution is -2.53. The molecule has 1 unspecified atom stereocenters. The monoisotopic (exact) mass is 715 g/mol. The fourth-order valence-corrected chi connectivity index (χ4v) is 7.80. The molecule has 288 valence electrons. The maximum absolute atomic E-state index is 13.5. The molecule has 0 radical (unpaired) electrons. The van der Waals surface area contributed by atoms with Crippen molar-refractivity contribution in [3.05, 3.63) is 36.0 Å². The molecule has 3 heterocycles. The smallest absolute Gasteiger partial charge is 0.410 e. The lowest BCUT2D eigenvalue weighted by Gasteiger charge is -2.40. The largest absolute Gasteiger partial charge is 0.457 e. The summed E-state index contributed by atoms with van der Waals surface area (Å²) in [6.07, 6.45) is 15.4. The minimum absolute atomic E-state index is 0.0347. The minimum atomic E-state index is -1.47. The number of carbonyl (C=O) groups excluding carboxylic acids is 3. The molecule has 11 heteroatoms. The molecule has 0 aromatic rings. The van der Waals surface area contributed by atoms with E-state index in [1.54, 1.807) is 22.8 Å². The Balaban J connectivity index is 1.39. The lowest BCUT2D eigenvalue weighted by molar-refractivity contribution is -0.151. The van der Waals surface area contributed by atoms with Crippen molar-refractivity contribution in [1.29, 1.82) is 0 Å². The van der Waals surface area contributed by atoms with Gasteiger partial charge < -0.3 is 34.2 Å². The van der Waals surface area contributed by atoms with E-state index in [4.69, 9.17) is 14.2 Å². The molecule has 0 aromatic carbocycles. The number of nitrogens with zero attached hydrogens (tertiary/aromatic N) is 3. The SMILES string of the molecule is C/C(=C\C=C\[C@@H](C)COC(=O)N1CCCC1(C)C)[C@H]1OC(=O)C[C@@H](O)CC[C@](C)(O)C(OC(=O)N2CCN(C3CCCCCC3)CC2)/C=C/[C@@H]1C. The highest BCUT2D eigenvalue weighted by Gasteiger charge is 2.38. The van der Waals surface area contributed by atoms with Gasteiger partial charge in [0.15, 0.2) is 6.10 Å². The highest BCUT2D eigenvalue weighted by Crippen LogP contribution is 2.30. The molecular formula is C40H65N3O8. The number of aliphatic hydroxyl groups is 2. The van der Waals surface area contributed by atoms with Gasteiger partial charge in [0.2, 0.25) is 0 Å². The number of allylic oxidation sites excluding steroid dienone is 2. The minimum Gasteiger partial charge on any atom is -0.457 e. The quantitative estimate of drug-likeness (QED) is 0.101. The topological polar surface area (TPSA) is 129 Å². The first-order valence-electron chi connectivity index (χ1n) is 19.4. The van der Waals surface area contributed by atoms with E-state index in [1.165, 1.54) is 38.5 Å². The molecule has 51 heavy (non-hydrogen) atoms. The maximum atomic E-state index is 13.5. The van der Waals surface area contributed by atoms with Gasteiger partial charge in [0, 0.05) is 56.1 Å². The van der Waals surface area contributed by atoms with Gasteiger partial charge in [0.25, 0.3) is 0 Å². The number of likely N-dealkylation sites (tertiary alicyclic amines) is 1. The third-order valence-corrected chi connectivity index (χ3v) is 11.3. The van der Waals surface area contributed by atoms with Crippen molar-refractivity contribution in [3.8, 4) is 0 Å². The van der Waals surface area contributed by atoms with Crippen molar-refractivity contribution in [2.24, 2.45) is 11.8 Å². The Morgan fingerprint density at radius 1 is 0.980 bits per heavy atom. The predicted octanol–water partition coefficient (Wildman–Crippen LogP) is 6.38. The fourth-order valence-electron chi connectivity index (χ4n) is 7.80. The second kappa shape index (κ2) is 18.7. The number of carbonyl (C=O) groups is 3. The highest BCUT2D eigenvalue weighted by atomic mass is 16.6. The van der Waals surface area contributed by atoms with Gasteiger partial charge in [-0.05, 0) is 77.9 Å². The van der Waals surface area contributed by atoms with Crippen LogP contribution in [0.5, 0.6) is 0 Å². The van der Waals surface area contributed by atoms with Crippen LogP contribution in [0.3, 0.4) is 0 Å². The van der Waals surface area contributed by atoms with Gasteiger partial charge in [-0.15, -0.1) is 0 Å². The summed E-state index contributed by atoms with van der Waals surface area (Å²) < 4.78 is 17.5. The van der Waals surface area contributed by atoms with Crippen LogP contribution in [-0.2, 0) is 19.0 Å². The Bertz CT molecular complexity index is 1250. The number of aliphatic hydroxyl groups excluding tert-OH is 1. The molecule has 4 aliphatic rings. The Morgan fingerprint density at radius 3 is 2.31 bits per heavy atom. The Morgan fingerprint density at radius 2 is 1.67 bits per heavy atom. The van der Waals surface area contributed by atoms with Crippen LogP contribution in [0.4, 0.5) is 9.59 Å². The van der Waals surface area contributed by atoms with Crippen LogP contribution in [0.1, 0.15) is 112 Å². The molecule has 2 saturated heterocycles. The number of ether oxygens (including phenoxy) is 3. The van der Waals surface area contributed by atoms with Gasteiger partial charge >= 0.3 is 18.2 Å². The second-order valence-electron chi connectivity index (χ2n) is 16.3. The van der Waals surface area contributed by atoms with Crippen LogP contribution >= 0.6 is 0 Å². The van der Waals surface area contributed by atoms with Gasteiger partial charge in [-0.2, -0.15) is 0 Å². The summed E-state index contributed by atoms with van der Waals surface area (Å²) in [6.45, 7) is 15.2. The molecule has 11 nitrogen and oxygen atoms in total. The molecule has 6 atom stereocenters. The van der Waals surface area contributed by atoms with E-state index < -0.39 is 36.0 Å². The summed E-state index contributed by atoms with van der Waals surface area (Å²) in [5.74, 6) is -0.897. The molecular weight excluding hydrogens is 650 g/mol. The van der Waals surface area contributed by atoms with Gasteiger partial charge in [-0.25, -0.2) is 9.59 Å². The fraction of sp³-hybridized carbons (Fsp3) is 0.775. The van der Waals surface area contributed by atoms with Gasteiger partial charge in [0.05, 0.1) is 19.1 Å². The van der Waals surface area contributed by atoms with Crippen LogP contribution < -0.4 is 0 Å². The molecule has 3 aliphatic heterocycles. The average Bonchev–Trinajstić information content (AvgIpc) is 3.25. The van der Waals surface area contributed by atoms with E-state index in [9.17, 15) is 24.6 Å². The molecule has 0 spiro atoms. The Hall–Kier alpha value is -2.89. The summed E-state index contributed by atoms with van der Waals surface area (Å²) in [5, 5.41) is 22.2. The predicted molar refractivity (Wildman–Crippen MR) is 197 cm³/mol. The first kappa shape index (κ1) is 40.9. The van der Waals surface area contributed by atoms with E-state index in [0.717, 1.165) is 31.5 Å². The van der Waals surface area contributed by atoms with Crippen LogP contribution in [0, 0.1) is 11.8 Å². The number of piperazine rings is 1. The first-order valence-corrected chi connectivity index (χ1v) is 19.4. The number of esters is 1. The normalized spacial score (nSPS) is 32.0. The van der Waals surface area contributed by atoms with E-state index >= 15 is 0 Å². The zero-order valence-corrected chi connectivity index (χ0v) is 32.1. The van der Waals surface area contributed by atoms with E-state index in [1.807, 2.05) is 45.1 Å². The Kier molecular flexibility index (Phi) is 15.0. The van der Waals surface area contributed by atoms with Crippen molar-refractivity contribution < 1.29 is 38.8 Å². The second-order valence-corrected chi connectivity index (χ2v) is 16.3. The van der Waals surface area contributed by atoms with Crippen LogP contribution in [0.15, 0.2) is 36.0 Å². The summed E-state index contributed by atoms with van der Waals surface area (Å²) in [5.41, 5.74) is -0.882. The Labute approximate surface area is 306 Å². The number of cyclic esters (lactones) is 1. The van der Waals surface area contributed by atoms with Crippen molar-refractivity contribution in [2.75, 3.05) is 39.3 Å². The summed E-state index contributed by atoms with van der Waals surface area (Å²) >= 11 is 0. The van der Waals surface area contributed by atoms with Gasteiger partial charge in [-0.3, -0.25) is 9.69 Å². The maximum Gasteiger partial charge on any atom is 0.410 e. The molecule has 2 amide bonds. The molecule has 1 aliphatic carbocycles.